The number of ketones is 1. The number of morpholine rings is 1. The molecule has 0 bridgehead atoms. The van der Waals surface area contributed by atoms with Crippen LogP contribution in [0, 0.1) is 5.41 Å². The summed E-state index contributed by atoms with van der Waals surface area (Å²) in [7, 11) is 0. The van der Waals surface area contributed by atoms with Crippen LogP contribution in [0.4, 0.5) is 5.69 Å². The maximum atomic E-state index is 14.8. The maximum absolute atomic E-state index is 14.8. The Hall–Kier alpha value is -3.48. The number of fused-ring (bicyclic) bond motifs is 6. The third-order valence-electron chi connectivity index (χ3n) is 8.20. The summed E-state index contributed by atoms with van der Waals surface area (Å²) in [6, 6.07) is 25.1. The van der Waals surface area contributed by atoms with Gasteiger partial charge in [0.1, 0.15) is 23.3 Å². The second-order valence-corrected chi connectivity index (χ2v) is 9.52. The molecule has 34 heavy (non-hydrogen) atoms. The van der Waals surface area contributed by atoms with E-state index in [-0.39, 0.29) is 30.3 Å². The van der Waals surface area contributed by atoms with Gasteiger partial charge in [-0.1, -0.05) is 60.7 Å². The molecule has 4 aliphatic rings. The van der Waals surface area contributed by atoms with Crippen LogP contribution in [0.25, 0.3) is 0 Å². The van der Waals surface area contributed by atoms with Gasteiger partial charge >= 0.3 is 0 Å². The molecule has 6 heteroatoms. The Morgan fingerprint density at radius 3 is 2.56 bits per heavy atom. The van der Waals surface area contributed by atoms with Gasteiger partial charge in [0, 0.05) is 29.8 Å². The smallest absolute Gasteiger partial charge is 0.250 e. The van der Waals surface area contributed by atoms with Gasteiger partial charge in [-0.2, -0.15) is 0 Å². The highest BCUT2D eigenvalue weighted by atomic mass is 16.5. The number of benzene rings is 3. The van der Waals surface area contributed by atoms with Crippen LogP contribution in [0.2, 0.25) is 0 Å². The van der Waals surface area contributed by atoms with Crippen molar-refractivity contribution in [3.05, 3.63) is 95.6 Å². The van der Waals surface area contributed by atoms with Crippen molar-refractivity contribution in [2.75, 3.05) is 31.7 Å². The third-order valence-corrected chi connectivity index (χ3v) is 8.20. The Morgan fingerprint density at radius 2 is 1.68 bits per heavy atom. The van der Waals surface area contributed by atoms with E-state index in [0.717, 1.165) is 16.8 Å². The predicted octanol–water partition coefficient (Wildman–Crippen LogP) is 3.59. The Labute approximate surface area is 197 Å². The van der Waals surface area contributed by atoms with Crippen LogP contribution in [0.1, 0.15) is 27.4 Å². The summed E-state index contributed by atoms with van der Waals surface area (Å²) in [5.41, 5.74) is 0.820. The van der Waals surface area contributed by atoms with Gasteiger partial charge in [0.25, 0.3) is 5.91 Å². The quantitative estimate of drug-likeness (QED) is 0.611. The van der Waals surface area contributed by atoms with Crippen molar-refractivity contribution in [2.45, 2.75) is 17.5 Å². The molecule has 0 saturated carbocycles. The minimum Gasteiger partial charge on any atom is -0.492 e. The van der Waals surface area contributed by atoms with E-state index in [1.807, 2.05) is 66.7 Å². The third kappa shape index (κ3) is 2.23. The Balaban J connectivity index is 1.59. The lowest BCUT2D eigenvalue weighted by atomic mass is 9.56. The molecule has 4 aliphatic heterocycles. The number of rotatable bonds is 1. The van der Waals surface area contributed by atoms with Gasteiger partial charge < -0.3 is 14.8 Å². The molecular formula is C28H24N2O4. The molecule has 1 N–H and O–H groups in total. The van der Waals surface area contributed by atoms with Gasteiger partial charge in [0.2, 0.25) is 0 Å². The number of anilines is 1. The van der Waals surface area contributed by atoms with Gasteiger partial charge in [-0.3, -0.25) is 14.5 Å². The molecule has 0 aromatic heterocycles. The highest BCUT2D eigenvalue weighted by Gasteiger charge is 2.78. The summed E-state index contributed by atoms with van der Waals surface area (Å²) in [6.45, 7) is 1.65. The molecule has 2 spiro atoms. The summed E-state index contributed by atoms with van der Waals surface area (Å²) in [6.07, 6.45) is 0. The molecule has 1 amide bonds. The molecule has 4 unspecified atom stereocenters. The number of amides is 1. The largest absolute Gasteiger partial charge is 0.492 e. The summed E-state index contributed by atoms with van der Waals surface area (Å²) >= 11 is 0. The van der Waals surface area contributed by atoms with Crippen molar-refractivity contribution in [1.82, 2.24) is 4.90 Å². The van der Waals surface area contributed by atoms with E-state index in [4.69, 9.17) is 9.47 Å². The van der Waals surface area contributed by atoms with E-state index in [2.05, 4.69) is 22.3 Å². The Bertz CT molecular complexity index is 1320. The van der Waals surface area contributed by atoms with Crippen molar-refractivity contribution in [3.8, 4) is 5.75 Å². The van der Waals surface area contributed by atoms with E-state index in [1.165, 1.54) is 0 Å². The molecule has 4 heterocycles. The zero-order valence-electron chi connectivity index (χ0n) is 18.6. The zero-order valence-corrected chi connectivity index (χ0v) is 18.6. The lowest BCUT2D eigenvalue weighted by Crippen LogP contribution is -2.64. The van der Waals surface area contributed by atoms with Crippen LogP contribution in [-0.2, 0) is 15.1 Å². The van der Waals surface area contributed by atoms with Gasteiger partial charge in [0.05, 0.1) is 18.8 Å². The molecule has 6 nitrogen and oxygen atoms in total. The number of carbonyl (C=O) groups excluding carboxylic acids is 2. The zero-order chi connectivity index (χ0) is 22.9. The first-order valence-corrected chi connectivity index (χ1v) is 11.8. The average Bonchev–Trinajstić information content (AvgIpc) is 3.33. The van der Waals surface area contributed by atoms with E-state index in [9.17, 15) is 9.59 Å². The van der Waals surface area contributed by atoms with Crippen molar-refractivity contribution < 1.29 is 19.1 Å². The molecule has 2 fully saturated rings. The second kappa shape index (κ2) is 7.01. The first-order valence-electron chi connectivity index (χ1n) is 11.8. The summed E-state index contributed by atoms with van der Waals surface area (Å²) in [4.78, 5) is 31.2. The molecule has 3 aromatic rings. The van der Waals surface area contributed by atoms with Gasteiger partial charge in [-0.25, -0.2) is 0 Å². The number of hydrogen-bond acceptors (Lipinski definition) is 5. The van der Waals surface area contributed by atoms with E-state index >= 15 is 0 Å². The van der Waals surface area contributed by atoms with E-state index < -0.39 is 11.0 Å². The summed E-state index contributed by atoms with van der Waals surface area (Å²) in [5.74, 6) is 0.0967. The molecule has 3 aromatic carbocycles. The maximum Gasteiger partial charge on any atom is 0.250 e. The molecule has 0 aliphatic carbocycles. The topological polar surface area (TPSA) is 67.9 Å². The lowest BCUT2D eigenvalue weighted by Gasteiger charge is -2.48. The second-order valence-electron chi connectivity index (χ2n) is 9.52. The summed E-state index contributed by atoms with van der Waals surface area (Å²) in [5, 5.41) is 3.12. The van der Waals surface area contributed by atoms with Crippen molar-refractivity contribution in [3.63, 3.8) is 0 Å². The minimum atomic E-state index is -1.19. The van der Waals surface area contributed by atoms with Crippen LogP contribution < -0.4 is 10.1 Å². The first-order chi connectivity index (χ1) is 16.7. The lowest BCUT2D eigenvalue weighted by molar-refractivity contribution is -0.137. The van der Waals surface area contributed by atoms with Crippen LogP contribution >= 0.6 is 0 Å². The predicted molar refractivity (Wildman–Crippen MR) is 126 cm³/mol. The standard InChI is InChI=1S/C28H24N2O4/c31-25-19-10-4-7-13-23(19)34-17-27(25)24(18-8-2-1-3-9-18)22-16-33-15-14-30(22)28(27)20-11-5-6-12-21(20)29-26(28)32/h1-13,22,24H,14-17H2,(H,29,32). The fraction of sp³-hybridized carbons (Fsp3) is 0.286. The van der Waals surface area contributed by atoms with Crippen LogP contribution in [-0.4, -0.2) is 49.0 Å². The first kappa shape index (κ1) is 19.9. The number of nitrogens with one attached hydrogen (secondary N) is 1. The highest BCUT2D eigenvalue weighted by molar-refractivity contribution is 6.15. The number of hydrogen-bond donors (Lipinski definition) is 1. The Morgan fingerprint density at radius 1 is 0.912 bits per heavy atom. The van der Waals surface area contributed by atoms with E-state index in [0.29, 0.717) is 31.1 Å². The van der Waals surface area contributed by atoms with Gasteiger partial charge in [-0.15, -0.1) is 0 Å². The fourth-order valence-corrected chi connectivity index (χ4v) is 7.04. The molecule has 0 radical (unpaired) electrons. The highest BCUT2D eigenvalue weighted by Crippen LogP contribution is 2.67. The molecule has 170 valence electrons. The van der Waals surface area contributed by atoms with Crippen LogP contribution in [0.5, 0.6) is 5.75 Å². The van der Waals surface area contributed by atoms with Crippen molar-refractivity contribution in [1.29, 1.82) is 0 Å². The van der Waals surface area contributed by atoms with Crippen molar-refractivity contribution in [2.24, 2.45) is 5.41 Å². The van der Waals surface area contributed by atoms with Crippen molar-refractivity contribution >= 4 is 17.4 Å². The van der Waals surface area contributed by atoms with Gasteiger partial charge in [-0.05, 0) is 23.8 Å². The normalized spacial score (nSPS) is 31.6. The number of para-hydroxylation sites is 2. The van der Waals surface area contributed by atoms with Crippen LogP contribution in [0.3, 0.4) is 0 Å². The molecule has 4 atom stereocenters. The molecular weight excluding hydrogens is 428 g/mol. The average molecular weight is 453 g/mol. The molecule has 2 saturated heterocycles. The molecule has 7 rings (SSSR count). The number of nitrogens with zero attached hydrogens (tertiary/aromatic N) is 1. The van der Waals surface area contributed by atoms with Gasteiger partial charge in [0.15, 0.2) is 5.78 Å². The Kier molecular flexibility index (Phi) is 4.11. The van der Waals surface area contributed by atoms with E-state index in [1.54, 1.807) is 0 Å². The minimum absolute atomic E-state index is 0.0375. The summed E-state index contributed by atoms with van der Waals surface area (Å²) < 4.78 is 12.3. The SMILES string of the molecule is O=C1c2ccccc2OCC12C(c1ccccc1)C1COCCN1C21C(=O)Nc2ccccc21. The fourth-order valence-electron chi connectivity index (χ4n) is 7.04. The van der Waals surface area contributed by atoms with Crippen LogP contribution in [0.15, 0.2) is 78.9 Å². The number of carbonyl (C=O) groups is 2. The number of Topliss-reactive ketones (excluding diaryl/α,β-unsaturated/α-hetero) is 1. The monoisotopic (exact) mass is 452 g/mol. The number of ether oxygens (including phenoxy) is 2.